The number of methoxy groups -OCH3 is 1. The van der Waals surface area contributed by atoms with Gasteiger partial charge in [0.2, 0.25) is 0 Å². The average Bonchev–Trinajstić information content (AvgIpc) is 2.71. The molecule has 1 aliphatic heterocycles. The van der Waals surface area contributed by atoms with Crippen LogP contribution in [0.4, 0.5) is 0 Å². The molecule has 1 fully saturated rings. The van der Waals surface area contributed by atoms with E-state index in [4.69, 9.17) is 9.47 Å². The Morgan fingerprint density at radius 2 is 1.87 bits per heavy atom. The highest BCUT2D eigenvalue weighted by molar-refractivity contribution is 4.77. The topological polar surface area (TPSA) is 21.7 Å². The fourth-order valence-corrected chi connectivity index (χ4v) is 2.35. The van der Waals surface area contributed by atoms with Crippen molar-refractivity contribution in [2.24, 2.45) is 0 Å². The first kappa shape index (κ1) is 12.9. The SMILES string of the molecule is CCCC(CN1CCCC1)(OC)OCC. The fraction of sp³-hybridized carbons (Fsp3) is 1.00. The normalized spacial score (nSPS) is 21.8. The maximum absolute atomic E-state index is 5.82. The molecule has 1 heterocycles. The molecule has 3 nitrogen and oxygen atoms in total. The Hall–Kier alpha value is -0.120. The number of ether oxygens (including phenoxy) is 2. The number of hydrogen-bond donors (Lipinski definition) is 0. The molecule has 1 atom stereocenters. The summed E-state index contributed by atoms with van der Waals surface area (Å²) in [5.41, 5.74) is 0. The van der Waals surface area contributed by atoms with E-state index < -0.39 is 0 Å². The van der Waals surface area contributed by atoms with Crippen molar-refractivity contribution in [2.75, 3.05) is 33.4 Å². The largest absolute Gasteiger partial charge is 0.352 e. The van der Waals surface area contributed by atoms with Crippen LogP contribution in [0.5, 0.6) is 0 Å². The second-order valence-electron chi connectivity index (χ2n) is 4.28. The van der Waals surface area contributed by atoms with E-state index in [1.54, 1.807) is 7.11 Å². The summed E-state index contributed by atoms with van der Waals surface area (Å²) in [7, 11) is 1.77. The summed E-state index contributed by atoms with van der Waals surface area (Å²) in [4.78, 5) is 2.45. The molecule has 0 saturated carbocycles. The molecule has 0 bridgehead atoms. The van der Waals surface area contributed by atoms with Crippen LogP contribution in [0, 0.1) is 0 Å². The summed E-state index contributed by atoms with van der Waals surface area (Å²) in [5, 5.41) is 0. The highest BCUT2D eigenvalue weighted by atomic mass is 16.7. The lowest BCUT2D eigenvalue weighted by Crippen LogP contribution is -2.46. The number of rotatable bonds is 7. The van der Waals surface area contributed by atoms with Crippen LogP contribution in [0.3, 0.4) is 0 Å². The van der Waals surface area contributed by atoms with E-state index >= 15 is 0 Å². The van der Waals surface area contributed by atoms with Crippen molar-refractivity contribution < 1.29 is 9.47 Å². The standard InChI is InChI=1S/C12H25NO2/c1-4-8-12(14-3,15-5-2)11-13-9-6-7-10-13/h4-11H2,1-3H3. The molecule has 1 rings (SSSR count). The van der Waals surface area contributed by atoms with Crippen LogP contribution in [0.1, 0.15) is 39.5 Å². The molecule has 0 amide bonds. The summed E-state index contributed by atoms with van der Waals surface area (Å²) in [5.74, 6) is -0.367. The van der Waals surface area contributed by atoms with Crippen LogP contribution in [-0.2, 0) is 9.47 Å². The third-order valence-electron chi connectivity index (χ3n) is 3.07. The Morgan fingerprint density at radius 3 is 2.33 bits per heavy atom. The molecular formula is C12H25NO2. The minimum Gasteiger partial charge on any atom is -0.352 e. The van der Waals surface area contributed by atoms with E-state index in [1.165, 1.54) is 25.9 Å². The van der Waals surface area contributed by atoms with Crippen LogP contribution >= 0.6 is 0 Å². The van der Waals surface area contributed by atoms with E-state index in [9.17, 15) is 0 Å². The lowest BCUT2D eigenvalue weighted by atomic mass is 10.1. The maximum atomic E-state index is 5.82. The van der Waals surface area contributed by atoms with Crippen molar-refractivity contribution in [3.8, 4) is 0 Å². The van der Waals surface area contributed by atoms with E-state index in [1.807, 2.05) is 6.92 Å². The van der Waals surface area contributed by atoms with Crippen molar-refractivity contribution in [3.05, 3.63) is 0 Å². The van der Waals surface area contributed by atoms with Gasteiger partial charge in [0.15, 0.2) is 5.79 Å². The smallest absolute Gasteiger partial charge is 0.180 e. The van der Waals surface area contributed by atoms with Gasteiger partial charge in [-0.3, -0.25) is 4.90 Å². The van der Waals surface area contributed by atoms with Gasteiger partial charge in [-0.1, -0.05) is 13.3 Å². The highest BCUT2D eigenvalue weighted by Gasteiger charge is 2.32. The van der Waals surface area contributed by atoms with Crippen LogP contribution in [0.15, 0.2) is 0 Å². The first-order valence-corrected chi connectivity index (χ1v) is 6.18. The Labute approximate surface area is 93.7 Å². The molecule has 15 heavy (non-hydrogen) atoms. The Kier molecular flexibility index (Phi) is 5.58. The summed E-state index contributed by atoms with van der Waals surface area (Å²) in [6.45, 7) is 8.25. The lowest BCUT2D eigenvalue weighted by molar-refractivity contribution is -0.232. The monoisotopic (exact) mass is 215 g/mol. The maximum Gasteiger partial charge on any atom is 0.180 e. The minimum absolute atomic E-state index is 0.367. The molecular weight excluding hydrogens is 190 g/mol. The quantitative estimate of drug-likeness (QED) is 0.608. The van der Waals surface area contributed by atoms with Gasteiger partial charge >= 0.3 is 0 Å². The molecule has 3 heteroatoms. The van der Waals surface area contributed by atoms with Crippen LogP contribution in [0.2, 0.25) is 0 Å². The number of nitrogens with zero attached hydrogens (tertiary/aromatic N) is 1. The fourth-order valence-electron chi connectivity index (χ4n) is 2.35. The molecule has 1 saturated heterocycles. The molecule has 0 aromatic rings. The van der Waals surface area contributed by atoms with E-state index in [0.717, 1.165) is 26.0 Å². The number of likely N-dealkylation sites (tertiary alicyclic amines) is 1. The summed E-state index contributed by atoms with van der Waals surface area (Å²) < 4.78 is 11.4. The number of hydrogen-bond acceptors (Lipinski definition) is 3. The molecule has 1 aliphatic rings. The Balaban J connectivity index is 2.51. The van der Waals surface area contributed by atoms with Gasteiger partial charge in [0.25, 0.3) is 0 Å². The van der Waals surface area contributed by atoms with E-state index in [-0.39, 0.29) is 5.79 Å². The van der Waals surface area contributed by atoms with Gasteiger partial charge in [0, 0.05) is 20.1 Å². The predicted molar refractivity (Wildman–Crippen MR) is 61.9 cm³/mol. The van der Waals surface area contributed by atoms with Gasteiger partial charge in [-0.25, -0.2) is 0 Å². The Morgan fingerprint density at radius 1 is 1.20 bits per heavy atom. The third-order valence-corrected chi connectivity index (χ3v) is 3.07. The first-order valence-electron chi connectivity index (χ1n) is 6.18. The van der Waals surface area contributed by atoms with E-state index in [0.29, 0.717) is 0 Å². The second kappa shape index (κ2) is 6.46. The van der Waals surface area contributed by atoms with Gasteiger partial charge < -0.3 is 9.47 Å². The van der Waals surface area contributed by atoms with Gasteiger partial charge in [0.05, 0.1) is 6.54 Å². The van der Waals surface area contributed by atoms with Crippen molar-refractivity contribution in [3.63, 3.8) is 0 Å². The van der Waals surface area contributed by atoms with Crippen molar-refractivity contribution >= 4 is 0 Å². The lowest BCUT2D eigenvalue weighted by Gasteiger charge is -2.35. The van der Waals surface area contributed by atoms with Crippen molar-refractivity contribution in [2.45, 2.75) is 45.3 Å². The average molecular weight is 215 g/mol. The molecule has 90 valence electrons. The van der Waals surface area contributed by atoms with Crippen molar-refractivity contribution in [1.82, 2.24) is 4.90 Å². The molecule has 0 radical (unpaired) electrons. The zero-order valence-electron chi connectivity index (χ0n) is 10.4. The zero-order valence-corrected chi connectivity index (χ0v) is 10.4. The van der Waals surface area contributed by atoms with Crippen LogP contribution in [0.25, 0.3) is 0 Å². The van der Waals surface area contributed by atoms with Crippen LogP contribution in [-0.4, -0.2) is 44.0 Å². The van der Waals surface area contributed by atoms with Gasteiger partial charge in [-0.15, -0.1) is 0 Å². The van der Waals surface area contributed by atoms with Gasteiger partial charge in [-0.05, 0) is 32.9 Å². The van der Waals surface area contributed by atoms with Crippen LogP contribution < -0.4 is 0 Å². The summed E-state index contributed by atoms with van der Waals surface area (Å²) in [6, 6.07) is 0. The molecule has 1 unspecified atom stereocenters. The van der Waals surface area contributed by atoms with Gasteiger partial charge in [0.1, 0.15) is 0 Å². The first-order chi connectivity index (χ1) is 7.26. The third kappa shape index (κ3) is 3.74. The molecule has 0 aliphatic carbocycles. The second-order valence-corrected chi connectivity index (χ2v) is 4.28. The molecule has 0 aromatic carbocycles. The van der Waals surface area contributed by atoms with Crippen molar-refractivity contribution in [1.29, 1.82) is 0 Å². The minimum atomic E-state index is -0.367. The Bertz CT molecular complexity index is 161. The summed E-state index contributed by atoms with van der Waals surface area (Å²) >= 11 is 0. The molecule has 0 spiro atoms. The zero-order chi connectivity index (χ0) is 11.1. The summed E-state index contributed by atoms with van der Waals surface area (Å²) in [6.07, 6.45) is 4.71. The molecule has 0 N–H and O–H groups in total. The predicted octanol–water partition coefficient (Wildman–Crippen LogP) is 2.26. The molecule has 0 aromatic heterocycles. The van der Waals surface area contributed by atoms with E-state index in [2.05, 4.69) is 11.8 Å². The van der Waals surface area contributed by atoms with Gasteiger partial charge in [-0.2, -0.15) is 0 Å². The highest BCUT2D eigenvalue weighted by Crippen LogP contribution is 2.23.